The Balaban J connectivity index is 1.42. The Hall–Kier alpha value is -0.810. The number of amides is 2. The zero-order valence-electron chi connectivity index (χ0n) is 12.1. The van der Waals surface area contributed by atoms with Gasteiger partial charge in [-0.15, -0.1) is 0 Å². The molecule has 2 N–H and O–H groups in total. The summed E-state index contributed by atoms with van der Waals surface area (Å²) in [7, 11) is 0. The van der Waals surface area contributed by atoms with E-state index in [1.54, 1.807) is 4.90 Å². The van der Waals surface area contributed by atoms with Gasteiger partial charge in [0.05, 0.1) is 0 Å². The Morgan fingerprint density at radius 3 is 2.21 bits per heavy atom. The minimum Gasteiger partial charge on any atom is -0.351 e. The third-order valence-electron chi connectivity index (χ3n) is 5.19. The van der Waals surface area contributed by atoms with Gasteiger partial charge in [-0.3, -0.25) is 4.90 Å². The molecule has 0 unspecified atom stereocenters. The molecule has 3 aliphatic rings. The number of carbonyl (C=O) groups excluding carboxylic acids is 1. The Labute approximate surface area is 115 Å². The number of piperidine rings is 1. The molecule has 0 aromatic heterocycles. The Morgan fingerprint density at radius 2 is 1.74 bits per heavy atom. The number of urea groups is 1. The van der Waals surface area contributed by atoms with E-state index in [9.17, 15) is 4.79 Å². The topological polar surface area (TPSA) is 52.8 Å². The van der Waals surface area contributed by atoms with Gasteiger partial charge in [0.15, 0.2) is 0 Å². The second-order valence-electron chi connectivity index (χ2n) is 6.96. The summed E-state index contributed by atoms with van der Waals surface area (Å²) < 4.78 is 0. The SMILES string of the molecule is CC(C)N1CCC(N2CC3(CN(C(N)=O)C3)C2)CC1. The highest BCUT2D eigenvalue weighted by Crippen LogP contribution is 2.41. The van der Waals surface area contributed by atoms with Crippen LogP contribution in [0.3, 0.4) is 0 Å². The molecule has 3 heterocycles. The summed E-state index contributed by atoms with van der Waals surface area (Å²) in [5.74, 6) is 0. The summed E-state index contributed by atoms with van der Waals surface area (Å²) in [5, 5.41) is 0. The molecular weight excluding hydrogens is 240 g/mol. The molecule has 0 aromatic rings. The third-order valence-corrected chi connectivity index (χ3v) is 5.19. The predicted molar refractivity (Wildman–Crippen MR) is 74.9 cm³/mol. The Bertz CT molecular complexity index is 348. The molecule has 5 nitrogen and oxygen atoms in total. The zero-order chi connectivity index (χ0) is 13.6. The Morgan fingerprint density at radius 1 is 1.16 bits per heavy atom. The molecule has 108 valence electrons. The number of primary amides is 1. The maximum atomic E-state index is 11.0. The van der Waals surface area contributed by atoms with E-state index in [0.29, 0.717) is 11.5 Å². The van der Waals surface area contributed by atoms with Crippen molar-refractivity contribution in [2.45, 2.75) is 38.8 Å². The van der Waals surface area contributed by atoms with Crippen molar-refractivity contribution < 1.29 is 4.79 Å². The third kappa shape index (κ3) is 2.34. The van der Waals surface area contributed by atoms with Crippen molar-refractivity contribution in [3.05, 3.63) is 0 Å². The first kappa shape index (κ1) is 13.2. The first-order valence-corrected chi connectivity index (χ1v) is 7.52. The smallest absolute Gasteiger partial charge is 0.314 e. The van der Waals surface area contributed by atoms with Crippen LogP contribution in [0.4, 0.5) is 4.79 Å². The molecule has 3 aliphatic heterocycles. The van der Waals surface area contributed by atoms with E-state index in [1.165, 1.54) is 39.0 Å². The van der Waals surface area contributed by atoms with Gasteiger partial charge in [-0.25, -0.2) is 4.79 Å². The summed E-state index contributed by atoms with van der Waals surface area (Å²) in [6, 6.07) is 1.19. The monoisotopic (exact) mass is 266 g/mol. The fourth-order valence-electron chi connectivity index (χ4n) is 3.96. The van der Waals surface area contributed by atoms with Crippen LogP contribution in [-0.4, -0.2) is 72.1 Å². The number of nitrogens with two attached hydrogens (primary N) is 1. The fraction of sp³-hybridized carbons (Fsp3) is 0.929. The van der Waals surface area contributed by atoms with Crippen molar-refractivity contribution in [3.63, 3.8) is 0 Å². The Kier molecular flexibility index (Phi) is 3.21. The van der Waals surface area contributed by atoms with E-state index in [-0.39, 0.29) is 6.03 Å². The molecule has 0 radical (unpaired) electrons. The molecule has 1 spiro atoms. The first-order valence-electron chi connectivity index (χ1n) is 7.52. The van der Waals surface area contributed by atoms with Crippen LogP contribution in [-0.2, 0) is 0 Å². The van der Waals surface area contributed by atoms with Crippen molar-refractivity contribution in [1.29, 1.82) is 0 Å². The van der Waals surface area contributed by atoms with Crippen molar-refractivity contribution in [3.8, 4) is 0 Å². The number of carbonyl (C=O) groups is 1. The maximum Gasteiger partial charge on any atom is 0.314 e. The molecule has 0 bridgehead atoms. The lowest BCUT2D eigenvalue weighted by Crippen LogP contribution is -2.75. The highest BCUT2D eigenvalue weighted by atomic mass is 16.2. The van der Waals surface area contributed by atoms with E-state index < -0.39 is 0 Å². The van der Waals surface area contributed by atoms with Gasteiger partial charge in [-0.2, -0.15) is 0 Å². The molecule has 0 aliphatic carbocycles. The molecule has 3 fully saturated rings. The van der Waals surface area contributed by atoms with Crippen molar-refractivity contribution in [1.82, 2.24) is 14.7 Å². The van der Waals surface area contributed by atoms with Crippen molar-refractivity contribution in [2.75, 3.05) is 39.3 Å². The standard InChI is InChI=1S/C14H26N4O/c1-11(2)16-5-3-12(4-6-16)17-7-14(8-17)9-18(10-14)13(15)19/h11-12H,3-10H2,1-2H3,(H2,15,19). The van der Waals surface area contributed by atoms with Crippen LogP contribution in [0.25, 0.3) is 0 Å². The van der Waals surface area contributed by atoms with Gasteiger partial charge >= 0.3 is 6.03 Å². The van der Waals surface area contributed by atoms with Gasteiger partial charge < -0.3 is 15.5 Å². The van der Waals surface area contributed by atoms with Crippen LogP contribution in [0.15, 0.2) is 0 Å². The summed E-state index contributed by atoms with van der Waals surface area (Å²) >= 11 is 0. The largest absolute Gasteiger partial charge is 0.351 e. The van der Waals surface area contributed by atoms with E-state index in [1.807, 2.05) is 0 Å². The highest BCUT2D eigenvalue weighted by Gasteiger charge is 2.54. The summed E-state index contributed by atoms with van der Waals surface area (Å²) in [5.41, 5.74) is 5.68. The quantitative estimate of drug-likeness (QED) is 0.794. The second kappa shape index (κ2) is 4.63. The van der Waals surface area contributed by atoms with E-state index >= 15 is 0 Å². The van der Waals surface area contributed by atoms with Gasteiger partial charge in [0.1, 0.15) is 0 Å². The predicted octanol–water partition coefficient (Wildman–Crippen LogP) is 0.556. The molecule has 2 amide bonds. The van der Waals surface area contributed by atoms with Crippen LogP contribution in [0.2, 0.25) is 0 Å². The average molecular weight is 266 g/mol. The molecule has 19 heavy (non-hydrogen) atoms. The number of hydrogen-bond donors (Lipinski definition) is 1. The summed E-state index contributed by atoms with van der Waals surface area (Å²) in [6.45, 7) is 11.1. The van der Waals surface area contributed by atoms with Gasteiger partial charge in [0.2, 0.25) is 0 Å². The fourth-order valence-corrected chi connectivity index (χ4v) is 3.96. The van der Waals surface area contributed by atoms with Crippen molar-refractivity contribution >= 4 is 6.03 Å². The first-order chi connectivity index (χ1) is 8.99. The van der Waals surface area contributed by atoms with Crippen LogP contribution in [0.5, 0.6) is 0 Å². The van der Waals surface area contributed by atoms with Crippen molar-refractivity contribution in [2.24, 2.45) is 11.1 Å². The lowest BCUT2D eigenvalue weighted by Gasteiger charge is -2.62. The van der Waals surface area contributed by atoms with E-state index in [4.69, 9.17) is 5.73 Å². The number of rotatable bonds is 2. The number of hydrogen-bond acceptors (Lipinski definition) is 3. The normalized spacial score (nSPS) is 28.5. The summed E-state index contributed by atoms with van der Waals surface area (Å²) in [4.78, 5) is 18.0. The zero-order valence-corrected chi connectivity index (χ0v) is 12.1. The number of nitrogens with zero attached hydrogens (tertiary/aromatic N) is 3. The van der Waals surface area contributed by atoms with Crippen LogP contribution >= 0.6 is 0 Å². The van der Waals surface area contributed by atoms with E-state index in [0.717, 1.165) is 19.1 Å². The molecule has 0 atom stereocenters. The number of likely N-dealkylation sites (tertiary alicyclic amines) is 3. The van der Waals surface area contributed by atoms with Gasteiger partial charge in [0.25, 0.3) is 0 Å². The molecule has 0 saturated carbocycles. The van der Waals surface area contributed by atoms with Gasteiger partial charge in [-0.05, 0) is 39.8 Å². The summed E-state index contributed by atoms with van der Waals surface area (Å²) in [6.07, 6.45) is 2.60. The molecule has 5 heteroatoms. The lowest BCUT2D eigenvalue weighted by molar-refractivity contribution is -0.119. The lowest BCUT2D eigenvalue weighted by atomic mass is 9.71. The highest BCUT2D eigenvalue weighted by molar-refractivity contribution is 5.73. The van der Waals surface area contributed by atoms with Gasteiger partial charge in [-0.1, -0.05) is 0 Å². The molecular formula is C14H26N4O. The maximum absolute atomic E-state index is 11.0. The molecule has 3 rings (SSSR count). The van der Waals surface area contributed by atoms with E-state index in [2.05, 4.69) is 23.6 Å². The van der Waals surface area contributed by atoms with Crippen LogP contribution in [0, 0.1) is 5.41 Å². The average Bonchev–Trinajstić information content (AvgIpc) is 2.25. The second-order valence-corrected chi connectivity index (χ2v) is 6.96. The minimum absolute atomic E-state index is 0.255. The minimum atomic E-state index is -0.255. The van der Waals surface area contributed by atoms with Crippen LogP contribution < -0.4 is 5.73 Å². The molecule has 3 saturated heterocycles. The molecule has 0 aromatic carbocycles. The van der Waals surface area contributed by atoms with Gasteiger partial charge in [0, 0.05) is 43.7 Å². The van der Waals surface area contributed by atoms with Crippen LogP contribution in [0.1, 0.15) is 26.7 Å².